The molecule has 0 atom stereocenters. The average Bonchev–Trinajstić information content (AvgIpc) is 2.34. The third kappa shape index (κ3) is 2.14. The largest absolute Gasteiger partial charge is 0.388 e. The van der Waals surface area contributed by atoms with Crippen LogP contribution in [0.5, 0.6) is 0 Å². The molecule has 2 N–H and O–H groups in total. The maximum Gasteiger partial charge on any atom is 0.114 e. The SMILES string of the molecule is CC(N)=NCc1nccs1. The van der Waals surface area contributed by atoms with Crippen molar-refractivity contribution in [3.05, 3.63) is 16.6 Å². The Morgan fingerprint density at radius 1 is 1.90 bits per heavy atom. The minimum absolute atomic E-state index is 0.607. The summed E-state index contributed by atoms with van der Waals surface area (Å²) < 4.78 is 0. The molecule has 0 saturated heterocycles. The molecule has 10 heavy (non-hydrogen) atoms. The highest BCUT2D eigenvalue weighted by molar-refractivity contribution is 7.09. The van der Waals surface area contributed by atoms with Crippen LogP contribution in [0.4, 0.5) is 0 Å². The number of nitrogens with two attached hydrogens (primary N) is 1. The molecule has 4 heteroatoms. The molecule has 0 aliphatic rings. The predicted octanol–water partition coefficient (Wildman–Crippen LogP) is 1.02. The van der Waals surface area contributed by atoms with Crippen LogP contribution in [0.1, 0.15) is 11.9 Å². The molecule has 1 rings (SSSR count). The van der Waals surface area contributed by atoms with Gasteiger partial charge in [-0.1, -0.05) is 0 Å². The van der Waals surface area contributed by atoms with Crippen molar-refractivity contribution in [2.75, 3.05) is 0 Å². The first-order chi connectivity index (χ1) is 4.79. The van der Waals surface area contributed by atoms with Gasteiger partial charge in [-0.3, -0.25) is 4.99 Å². The van der Waals surface area contributed by atoms with Crippen molar-refractivity contribution in [2.24, 2.45) is 10.7 Å². The fraction of sp³-hybridized carbons (Fsp3) is 0.333. The Hall–Kier alpha value is -0.900. The van der Waals surface area contributed by atoms with Crippen molar-refractivity contribution in [1.29, 1.82) is 0 Å². The monoisotopic (exact) mass is 155 g/mol. The lowest BCUT2D eigenvalue weighted by Gasteiger charge is -1.88. The van der Waals surface area contributed by atoms with E-state index in [-0.39, 0.29) is 0 Å². The van der Waals surface area contributed by atoms with Gasteiger partial charge in [0.05, 0.1) is 12.4 Å². The summed E-state index contributed by atoms with van der Waals surface area (Å²) in [6.07, 6.45) is 1.77. The fourth-order valence-electron chi connectivity index (χ4n) is 0.523. The van der Waals surface area contributed by atoms with Crippen LogP contribution in [0, 0.1) is 0 Å². The van der Waals surface area contributed by atoms with Gasteiger partial charge >= 0.3 is 0 Å². The number of nitrogens with zero attached hydrogens (tertiary/aromatic N) is 2. The molecule has 0 spiro atoms. The average molecular weight is 155 g/mol. The van der Waals surface area contributed by atoms with Crippen molar-refractivity contribution in [2.45, 2.75) is 13.5 Å². The highest BCUT2D eigenvalue weighted by atomic mass is 32.1. The van der Waals surface area contributed by atoms with Gasteiger partial charge in [0, 0.05) is 11.6 Å². The Morgan fingerprint density at radius 3 is 3.20 bits per heavy atom. The van der Waals surface area contributed by atoms with Crippen molar-refractivity contribution >= 4 is 17.2 Å². The van der Waals surface area contributed by atoms with Crippen LogP contribution < -0.4 is 5.73 Å². The number of amidine groups is 1. The quantitative estimate of drug-likeness (QED) is 0.512. The minimum Gasteiger partial charge on any atom is -0.388 e. The Balaban J connectivity index is 2.49. The molecule has 0 unspecified atom stereocenters. The van der Waals surface area contributed by atoms with Gasteiger partial charge in [0.25, 0.3) is 0 Å². The van der Waals surface area contributed by atoms with Gasteiger partial charge in [-0.05, 0) is 6.92 Å². The summed E-state index contributed by atoms with van der Waals surface area (Å²) in [4.78, 5) is 8.05. The topological polar surface area (TPSA) is 51.3 Å². The molecule has 0 radical (unpaired) electrons. The van der Waals surface area contributed by atoms with Crippen LogP contribution in [-0.4, -0.2) is 10.8 Å². The maximum absolute atomic E-state index is 5.34. The van der Waals surface area contributed by atoms with E-state index in [0.717, 1.165) is 5.01 Å². The van der Waals surface area contributed by atoms with Crippen LogP contribution in [-0.2, 0) is 6.54 Å². The first-order valence-electron chi connectivity index (χ1n) is 2.94. The van der Waals surface area contributed by atoms with E-state index in [2.05, 4.69) is 9.98 Å². The Labute approximate surface area is 63.6 Å². The van der Waals surface area contributed by atoms with Gasteiger partial charge in [-0.25, -0.2) is 4.98 Å². The number of hydrogen-bond donors (Lipinski definition) is 1. The van der Waals surface area contributed by atoms with E-state index in [0.29, 0.717) is 12.4 Å². The molecule has 0 bridgehead atoms. The Morgan fingerprint density at radius 2 is 2.70 bits per heavy atom. The van der Waals surface area contributed by atoms with Gasteiger partial charge in [0.2, 0.25) is 0 Å². The van der Waals surface area contributed by atoms with E-state index in [1.54, 1.807) is 24.5 Å². The van der Waals surface area contributed by atoms with Gasteiger partial charge in [0.15, 0.2) is 0 Å². The Bertz CT molecular complexity index is 211. The zero-order valence-corrected chi connectivity index (χ0v) is 6.56. The van der Waals surface area contributed by atoms with E-state index in [9.17, 15) is 0 Å². The van der Waals surface area contributed by atoms with Gasteiger partial charge in [-0.2, -0.15) is 0 Å². The molecule has 54 valence electrons. The zero-order valence-electron chi connectivity index (χ0n) is 5.74. The fourth-order valence-corrected chi connectivity index (χ4v) is 1.06. The Kier molecular flexibility index (Phi) is 2.39. The number of aromatic nitrogens is 1. The molecule has 1 heterocycles. The molecule has 0 aliphatic carbocycles. The standard InChI is InChI=1S/C6H9N3S/c1-5(7)9-4-6-8-2-3-10-6/h2-3H,4H2,1H3,(H2,7,9). The maximum atomic E-state index is 5.34. The molecule has 0 aliphatic heterocycles. The smallest absolute Gasteiger partial charge is 0.114 e. The van der Waals surface area contributed by atoms with E-state index in [1.807, 2.05) is 5.38 Å². The molecular weight excluding hydrogens is 146 g/mol. The van der Waals surface area contributed by atoms with E-state index < -0.39 is 0 Å². The summed E-state index contributed by atoms with van der Waals surface area (Å²) >= 11 is 1.59. The molecule has 0 amide bonds. The second-order valence-electron chi connectivity index (χ2n) is 1.88. The summed E-state index contributed by atoms with van der Waals surface area (Å²) in [6, 6.07) is 0. The van der Waals surface area contributed by atoms with Gasteiger partial charge in [-0.15, -0.1) is 11.3 Å². The lowest BCUT2D eigenvalue weighted by Crippen LogP contribution is -2.05. The summed E-state index contributed by atoms with van der Waals surface area (Å²) in [5.74, 6) is 0.607. The molecule has 0 fully saturated rings. The van der Waals surface area contributed by atoms with Crippen molar-refractivity contribution in [3.8, 4) is 0 Å². The lowest BCUT2D eigenvalue weighted by atomic mass is 10.6. The zero-order chi connectivity index (χ0) is 7.40. The van der Waals surface area contributed by atoms with Crippen LogP contribution in [0.25, 0.3) is 0 Å². The van der Waals surface area contributed by atoms with Crippen LogP contribution in [0.15, 0.2) is 16.6 Å². The normalized spacial score (nSPS) is 11.9. The summed E-state index contributed by atoms with van der Waals surface area (Å²) in [5.41, 5.74) is 5.34. The minimum atomic E-state index is 0.607. The first kappa shape index (κ1) is 7.21. The third-order valence-corrected chi connectivity index (χ3v) is 1.71. The predicted molar refractivity (Wildman–Crippen MR) is 43.1 cm³/mol. The molecular formula is C6H9N3S. The van der Waals surface area contributed by atoms with Crippen molar-refractivity contribution in [1.82, 2.24) is 4.98 Å². The number of rotatable bonds is 2. The van der Waals surface area contributed by atoms with Gasteiger partial charge in [0.1, 0.15) is 5.01 Å². The third-order valence-electron chi connectivity index (χ3n) is 0.947. The summed E-state index contributed by atoms with van der Waals surface area (Å²) in [7, 11) is 0. The number of aliphatic imine (C=N–C) groups is 1. The molecule has 3 nitrogen and oxygen atoms in total. The molecule has 1 aromatic rings. The van der Waals surface area contributed by atoms with Crippen LogP contribution in [0.3, 0.4) is 0 Å². The highest BCUT2D eigenvalue weighted by Crippen LogP contribution is 2.04. The van der Waals surface area contributed by atoms with E-state index in [1.165, 1.54) is 0 Å². The highest BCUT2D eigenvalue weighted by Gasteiger charge is 1.90. The summed E-state index contributed by atoms with van der Waals surface area (Å²) in [5, 5.41) is 2.93. The molecule has 0 saturated carbocycles. The van der Waals surface area contributed by atoms with Crippen molar-refractivity contribution < 1.29 is 0 Å². The molecule has 0 aromatic carbocycles. The van der Waals surface area contributed by atoms with Crippen LogP contribution in [0.2, 0.25) is 0 Å². The second-order valence-corrected chi connectivity index (χ2v) is 2.86. The van der Waals surface area contributed by atoms with E-state index in [4.69, 9.17) is 5.73 Å². The lowest BCUT2D eigenvalue weighted by molar-refractivity contribution is 1.03. The van der Waals surface area contributed by atoms with Gasteiger partial charge < -0.3 is 5.73 Å². The van der Waals surface area contributed by atoms with Crippen molar-refractivity contribution in [3.63, 3.8) is 0 Å². The number of thiazole rings is 1. The molecule has 1 aromatic heterocycles. The summed E-state index contributed by atoms with van der Waals surface area (Å²) in [6.45, 7) is 2.38. The first-order valence-corrected chi connectivity index (χ1v) is 3.82. The number of hydrogen-bond acceptors (Lipinski definition) is 3. The van der Waals surface area contributed by atoms with E-state index >= 15 is 0 Å². The second kappa shape index (κ2) is 3.31. The van der Waals surface area contributed by atoms with Crippen LogP contribution >= 0.6 is 11.3 Å².